The Morgan fingerprint density at radius 1 is 1.72 bits per heavy atom. The van der Waals surface area contributed by atoms with Crippen LogP contribution in [-0.2, 0) is 0 Å². The molecule has 1 amide bonds. The minimum absolute atomic E-state index is 0.0777. The SMILES string of the molecule is O=C(NCC1(O)CCSC1)c1cc(Br)ncc1F. The van der Waals surface area contributed by atoms with E-state index in [2.05, 4.69) is 26.2 Å². The lowest BCUT2D eigenvalue weighted by Gasteiger charge is -2.21. The molecule has 2 N–H and O–H groups in total. The number of carbonyl (C=O) groups excluding carboxylic acids is 1. The molecule has 1 aliphatic heterocycles. The minimum Gasteiger partial charge on any atom is -0.387 e. The molecule has 1 saturated heterocycles. The largest absolute Gasteiger partial charge is 0.387 e. The van der Waals surface area contributed by atoms with Gasteiger partial charge in [0, 0.05) is 12.3 Å². The van der Waals surface area contributed by atoms with Crippen LogP contribution in [0.2, 0.25) is 0 Å². The number of nitrogens with zero attached hydrogens (tertiary/aromatic N) is 1. The van der Waals surface area contributed by atoms with E-state index >= 15 is 0 Å². The topological polar surface area (TPSA) is 62.2 Å². The number of aromatic nitrogens is 1. The van der Waals surface area contributed by atoms with E-state index in [9.17, 15) is 14.3 Å². The van der Waals surface area contributed by atoms with Gasteiger partial charge in [0.25, 0.3) is 5.91 Å². The summed E-state index contributed by atoms with van der Waals surface area (Å²) in [6.07, 6.45) is 1.62. The number of amides is 1. The lowest BCUT2D eigenvalue weighted by atomic mass is 10.0. The van der Waals surface area contributed by atoms with Gasteiger partial charge < -0.3 is 10.4 Å². The zero-order chi connectivity index (χ0) is 13.2. The van der Waals surface area contributed by atoms with Gasteiger partial charge in [-0.1, -0.05) is 0 Å². The van der Waals surface area contributed by atoms with Crippen LogP contribution in [0.4, 0.5) is 4.39 Å². The molecule has 98 valence electrons. The van der Waals surface area contributed by atoms with Crippen molar-refractivity contribution in [2.24, 2.45) is 0 Å². The molecule has 0 bridgehead atoms. The van der Waals surface area contributed by atoms with E-state index in [4.69, 9.17) is 0 Å². The highest BCUT2D eigenvalue weighted by Gasteiger charge is 2.32. The Morgan fingerprint density at radius 3 is 3.17 bits per heavy atom. The molecule has 1 unspecified atom stereocenters. The van der Waals surface area contributed by atoms with E-state index in [1.54, 1.807) is 11.8 Å². The van der Waals surface area contributed by atoms with Crippen molar-refractivity contribution in [3.05, 3.63) is 28.2 Å². The molecule has 1 atom stereocenters. The fourth-order valence-electron chi connectivity index (χ4n) is 1.66. The summed E-state index contributed by atoms with van der Waals surface area (Å²) in [5.74, 6) is 0.251. The Balaban J connectivity index is 2.01. The molecule has 1 aromatic rings. The smallest absolute Gasteiger partial charge is 0.254 e. The maximum absolute atomic E-state index is 13.4. The van der Waals surface area contributed by atoms with Crippen LogP contribution in [-0.4, -0.2) is 39.6 Å². The highest BCUT2D eigenvalue weighted by atomic mass is 79.9. The normalized spacial score (nSPS) is 23.1. The van der Waals surface area contributed by atoms with Crippen molar-refractivity contribution >= 4 is 33.6 Å². The van der Waals surface area contributed by atoms with Gasteiger partial charge in [0.15, 0.2) is 5.82 Å². The van der Waals surface area contributed by atoms with Crippen LogP contribution in [0.5, 0.6) is 0 Å². The van der Waals surface area contributed by atoms with Crippen molar-refractivity contribution in [1.82, 2.24) is 10.3 Å². The second-order valence-corrected chi connectivity index (χ2v) is 6.11. The number of hydrogen-bond donors (Lipinski definition) is 2. The Hall–Kier alpha value is -0.660. The van der Waals surface area contributed by atoms with Crippen molar-refractivity contribution in [2.75, 3.05) is 18.1 Å². The van der Waals surface area contributed by atoms with Crippen molar-refractivity contribution in [3.8, 4) is 0 Å². The molecule has 7 heteroatoms. The molecular weight excluding hydrogens is 323 g/mol. The molecule has 1 aliphatic rings. The van der Waals surface area contributed by atoms with Crippen LogP contribution in [0.25, 0.3) is 0 Å². The van der Waals surface area contributed by atoms with E-state index in [1.165, 1.54) is 6.07 Å². The zero-order valence-electron chi connectivity index (χ0n) is 9.45. The second kappa shape index (κ2) is 5.54. The van der Waals surface area contributed by atoms with Crippen LogP contribution >= 0.6 is 27.7 Å². The summed E-state index contributed by atoms with van der Waals surface area (Å²) in [6.45, 7) is 0.137. The molecule has 0 aliphatic carbocycles. The van der Waals surface area contributed by atoms with Crippen LogP contribution < -0.4 is 5.32 Å². The average molecular weight is 335 g/mol. The van der Waals surface area contributed by atoms with Gasteiger partial charge in [-0.25, -0.2) is 9.37 Å². The number of nitrogens with one attached hydrogen (secondary N) is 1. The Labute approximate surface area is 116 Å². The first-order chi connectivity index (χ1) is 8.50. The van der Waals surface area contributed by atoms with E-state index in [0.29, 0.717) is 16.8 Å². The van der Waals surface area contributed by atoms with Crippen molar-refractivity contribution in [3.63, 3.8) is 0 Å². The summed E-state index contributed by atoms with van der Waals surface area (Å²) >= 11 is 4.72. The summed E-state index contributed by atoms with van der Waals surface area (Å²) in [7, 11) is 0. The van der Waals surface area contributed by atoms with E-state index in [1.807, 2.05) is 0 Å². The quantitative estimate of drug-likeness (QED) is 0.824. The predicted molar refractivity (Wildman–Crippen MR) is 71.1 cm³/mol. The number of hydrogen-bond acceptors (Lipinski definition) is 4. The van der Waals surface area contributed by atoms with E-state index < -0.39 is 17.3 Å². The highest BCUT2D eigenvalue weighted by molar-refractivity contribution is 9.10. The monoisotopic (exact) mass is 334 g/mol. The molecule has 0 saturated carbocycles. The molecule has 0 aromatic carbocycles. The van der Waals surface area contributed by atoms with Gasteiger partial charge in [0.2, 0.25) is 0 Å². The predicted octanol–water partition coefficient (Wildman–Crippen LogP) is 1.58. The van der Waals surface area contributed by atoms with E-state index in [0.717, 1.165) is 11.9 Å². The third-order valence-corrected chi connectivity index (χ3v) is 4.40. The minimum atomic E-state index is -0.874. The fraction of sp³-hybridized carbons (Fsp3) is 0.455. The van der Waals surface area contributed by atoms with Gasteiger partial charge in [-0.05, 0) is 34.2 Å². The Morgan fingerprint density at radius 2 is 2.50 bits per heavy atom. The van der Waals surface area contributed by atoms with Crippen LogP contribution in [0.15, 0.2) is 16.9 Å². The van der Waals surface area contributed by atoms with Gasteiger partial charge in [-0.2, -0.15) is 11.8 Å². The fourth-order valence-corrected chi connectivity index (χ4v) is 3.29. The van der Waals surface area contributed by atoms with Gasteiger partial charge in [0.05, 0.1) is 17.4 Å². The van der Waals surface area contributed by atoms with Crippen molar-refractivity contribution < 1.29 is 14.3 Å². The summed E-state index contributed by atoms with van der Waals surface area (Å²) in [4.78, 5) is 15.5. The van der Waals surface area contributed by atoms with Crippen molar-refractivity contribution in [1.29, 1.82) is 0 Å². The molecular formula is C11H12BrFN2O2S. The average Bonchev–Trinajstić information content (AvgIpc) is 2.77. The number of rotatable bonds is 3. The maximum Gasteiger partial charge on any atom is 0.254 e. The van der Waals surface area contributed by atoms with E-state index in [-0.39, 0.29) is 12.1 Å². The molecule has 0 spiro atoms. The number of pyridine rings is 1. The first kappa shape index (κ1) is 13.8. The molecule has 2 rings (SSSR count). The van der Waals surface area contributed by atoms with Crippen LogP contribution in [0.3, 0.4) is 0 Å². The summed E-state index contributed by atoms with van der Waals surface area (Å²) in [5, 5.41) is 12.6. The highest BCUT2D eigenvalue weighted by Crippen LogP contribution is 2.27. The lowest BCUT2D eigenvalue weighted by Crippen LogP contribution is -2.43. The summed E-state index contributed by atoms with van der Waals surface area (Å²) in [5.41, 5.74) is -0.952. The Bertz CT molecular complexity index is 466. The summed E-state index contributed by atoms with van der Waals surface area (Å²) < 4.78 is 13.8. The third-order valence-electron chi connectivity index (χ3n) is 2.73. The molecule has 0 radical (unpaired) electrons. The number of thioether (sulfide) groups is 1. The lowest BCUT2D eigenvalue weighted by molar-refractivity contribution is 0.0611. The molecule has 4 nitrogen and oxygen atoms in total. The zero-order valence-corrected chi connectivity index (χ0v) is 11.9. The number of aliphatic hydroxyl groups is 1. The van der Waals surface area contributed by atoms with Gasteiger partial charge in [0.1, 0.15) is 4.60 Å². The standard InChI is InChI=1S/C11H12BrFN2O2S/c12-9-3-7(8(13)4-14-9)10(16)15-5-11(17)1-2-18-6-11/h3-4,17H,1-2,5-6H2,(H,15,16). The summed E-state index contributed by atoms with van der Waals surface area (Å²) in [6, 6.07) is 1.32. The number of carbonyl (C=O) groups is 1. The van der Waals surface area contributed by atoms with Gasteiger partial charge >= 0.3 is 0 Å². The van der Waals surface area contributed by atoms with Gasteiger partial charge in [-0.15, -0.1) is 0 Å². The molecule has 1 fully saturated rings. The van der Waals surface area contributed by atoms with Crippen molar-refractivity contribution in [2.45, 2.75) is 12.0 Å². The first-order valence-corrected chi connectivity index (χ1v) is 7.34. The number of halogens is 2. The van der Waals surface area contributed by atoms with Crippen LogP contribution in [0, 0.1) is 5.82 Å². The Kier molecular flexibility index (Phi) is 4.24. The maximum atomic E-state index is 13.4. The third kappa shape index (κ3) is 3.21. The molecule has 18 heavy (non-hydrogen) atoms. The molecule has 1 aromatic heterocycles. The second-order valence-electron chi connectivity index (χ2n) is 4.20. The first-order valence-electron chi connectivity index (χ1n) is 5.40. The van der Waals surface area contributed by atoms with Crippen LogP contribution in [0.1, 0.15) is 16.8 Å². The van der Waals surface area contributed by atoms with Gasteiger partial charge in [-0.3, -0.25) is 4.79 Å². The molecule has 2 heterocycles.